The first-order valence-corrected chi connectivity index (χ1v) is 9.08. The molecule has 134 valence electrons. The van der Waals surface area contributed by atoms with Gasteiger partial charge < -0.3 is 4.74 Å². The van der Waals surface area contributed by atoms with Gasteiger partial charge in [-0.15, -0.1) is 0 Å². The third-order valence-electron chi connectivity index (χ3n) is 4.35. The summed E-state index contributed by atoms with van der Waals surface area (Å²) < 4.78 is 69.4. The zero-order valence-electron chi connectivity index (χ0n) is 12.9. The van der Waals surface area contributed by atoms with Crippen molar-refractivity contribution in [3.8, 4) is 0 Å². The van der Waals surface area contributed by atoms with Crippen molar-refractivity contribution >= 4 is 10.0 Å². The largest absolute Gasteiger partial charge is 0.433 e. The number of aromatic nitrogens is 1. The summed E-state index contributed by atoms with van der Waals surface area (Å²) in [6.45, 7) is 3.48. The van der Waals surface area contributed by atoms with Crippen LogP contribution in [0.3, 0.4) is 0 Å². The van der Waals surface area contributed by atoms with Gasteiger partial charge in [0.05, 0.1) is 13.2 Å². The van der Waals surface area contributed by atoms with Gasteiger partial charge in [0.2, 0.25) is 10.0 Å². The van der Waals surface area contributed by atoms with Crippen LogP contribution in [0.2, 0.25) is 0 Å². The molecule has 3 rings (SSSR count). The number of hydrogen-bond donors (Lipinski definition) is 0. The topological polar surface area (TPSA) is 62.7 Å². The summed E-state index contributed by atoms with van der Waals surface area (Å²) in [4.78, 5) is 5.23. The van der Waals surface area contributed by atoms with Crippen LogP contribution in [0.15, 0.2) is 23.2 Å². The van der Waals surface area contributed by atoms with Crippen molar-refractivity contribution in [3.63, 3.8) is 0 Å². The number of hydrogen-bond acceptors (Lipinski definition) is 5. The Morgan fingerprint density at radius 2 is 1.88 bits per heavy atom. The first-order chi connectivity index (χ1) is 11.3. The number of sulfonamides is 1. The van der Waals surface area contributed by atoms with Crippen molar-refractivity contribution in [3.05, 3.63) is 24.0 Å². The number of alkyl halides is 3. The number of ether oxygens (including phenoxy) is 1. The molecule has 6 nitrogen and oxygen atoms in total. The minimum Gasteiger partial charge on any atom is -0.379 e. The molecule has 0 spiro atoms. The number of nitrogens with zero attached hydrogens (tertiary/aromatic N) is 3. The lowest BCUT2D eigenvalue weighted by molar-refractivity contribution is -0.141. The highest BCUT2D eigenvalue weighted by Gasteiger charge is 2.37. The van der Waals surface area contributed by atoms with Gasteiger partial charge in [0.25, 0.3) is 0 Å². The third-order valence-corrected chi connectivity index (χ3v) is 6.20. The Kier molecular flexibility index (Phi) is 4.82. The van der Waals surface area contributed by atoms with E-state index in [1.54, 1.807) is 0 Å². The number of rotatable bonds is 3. The van der Waals surface area contributed by atoms with Crippen molar-refractivity contribution in [2.45, 2.75) is 23.5 Å². The Balaban J connectivity index is 1.71. The Hall–Kier alpha value is -1.23. The molecule has 0 aromatic carbocycles. The molecule has 0 bridgehead atoms. The molecule has 0 amide bonds. The maximum Gasteiger partial charge on any atom is 0.433 e. The Labute approximate surface area is 138 Å². The van der Waals surface area contributed by atoms with Crippen molar-refractivity contribution in [2.75, 3.05) is 39.4 Å². The van der Waals surface area contributed by atoms with Crippen LogP contribution in [0.1, 0.15) is 12.1 Å². The van der Waals surface area contributed by atoms with Gasteiger partial charge >= 0.3 is 6.18 Å². The monoisotopic (exact) mass is 365 g/mol. The number of halogens is 3. The first-order valence-electron chi connectivity index (χ1n) is 7.64. The fraction of sp³-hybridized carbons (Fsp3) is 0.643. The first kappa shape index (κ1) is 17.6. The summed E-state index contributed by atoms with van der Waals surface area (Å²) in [7, 11) is -3.83. The van der Waals surface area contributed by atoms with E-state index in [4.69, 9.17) is 4.74 Å². The van der Waals surface area contributed by atoms with Gasteiger partial charge in [0.15, 0.2) is 0 Å². The van der Waals surface area contributed by atoms with Crippen LogP contribution in [0.25, 0.3) is 0 Å². The molecule has 24 heavy (non-hydrogen) atoms. The molecule has 0 radical (unpaired) electrons. The molecule has 2 aliphatic rings. The van der Waals surface area contributed by atoms with Crippen LogP contribution in [-0.4, -0.2) is 68.0 Å². The van der Waals surface area contributed by atoms with Gasteiger partial charge in [-0.2, -0.15) is 17.5 Å². The van der Waals surface area contributed by atoms with Crippen molar-refractivity contribution in [2.24, 2.45) is 0 Å². The molecular formula is C14H18F3N3O3S. The summed E-state index contributed by atoms with van der Waals surface area (Å²) in [5.74, 6) is 0. The van der Waals surface area contributed by atoms with Gasteiger partial charge in [-0.1, -0.05) is 0 Å². The van der Waals surface area contributed by atoms with Crippen LogP contribution < -0.4 is 0 Å². The van der Waals surface area contributed by atoms with Crippen LogP contribution >= 0.6 is 0 Å². The molecule has 10 heteroatoms. The Morgan fingerprint density at radius 3 is 2.46 bits per heavy atom. The molecule has 0 saturated carbocycles. The highest BCUT2D eigenvalue weighted by molar-refractivity contribution is 7.89. The van der Waals surface area contributed by atoms with Crippen LogP contribution in [0.4, 0.5) is 13.2 Å². The second kappa shape index (κ2) is 6.58. The van der Waals surface area contributed by atoms with Crippen molar-refractivity contribution in [1.29, 1.82) is 0 Å². The molecule has 2 fully saturated rings. The lowest BCUT2D eigenvalue weighted by Gasteiger charge is -2.32. The van der Waals surface area contributed by atoms with E-state index in [0.29, 0.717) is 38.8 Å². The molecular weight excluding hydrogens is 347 g/mol. The Bertz CT molecular complexity index is 673. The maximum atomic E-state index is 12.6. The third kappa shape index (κ3) is 3.56. The molecule has 1 aromatic heterocycles. The molecule has 1 atom stereocenters. The van der Waals surface area contributed by atoms with E-state index < -0.39 is 21.9 Å². The van der Waals surface area contributed by atoms with Gasteiger partial charge in [-0.3, -0.25) is 9.88 Å². The van der Waals surface area contributed by atoms with E-state index >= 15 is 0 Å². The van der Waals surface area contributed by atoms with Crippen molar-refractivity contribution in [1.82, 2.24) is 14.2 Å². The molecule has 0 N–H and O–H groups in total. The van der Waals surface area contributed by atoms with Crippen molar-refractivity contribution < 1.29 is 26.3 Å². The minimum absolute atomic E-state index is 0.117. The average molecular weight is 365 g/mol. The van der Waals surface area contributed by atoms with Crippen LogP contribution in [0.5, 0.6) is 0 Å². The molecule has 3 heterocycles. The van der Waals surface area contributed by atoms with Gasteiger partial charge in [0.1, 0.15) is 10.6 Å². The lowest BCUT2D eigenvalue weighted by Crippen LogP contribution is -2.45. The average Bonchev–Trinajstić information content (AvgIpc) is 3.06. The van der Waals surface area contributed by atoms with Crippen LogP contribution in [0, 0.1) is 0 Å². The highest BCUT2D eigenvalue weighted by Crippen LogP contribution is 2.29. The minimum atomic E-state index is -4.59. The van der Waals surface area contributed by atoms with E-state index in [1.165, 1.54) is 4.31 Å². The SMILES string of the molecule is O=S(=O)(c1ccc(C(F)(F)F)nc1)N1CCC(N2CCOCC2)C1. The fourth-order valence-electron chi connectivity index (χ4n) is 3.02. The summed E-state index contributed by atoms with van der Waals surface area (Å²) in [6.07, 6.45) is -3.11. The van der Waals surface area contributed by atoms with E-state index in [1.807, 2.05) is 0 Å². The quantitative estimate of drug-likeness (QED) is 0.805. The molecule has 2 aliphatic heterocycles. The second-order valence-electron chi connectivity index (χ2n) is 5.83. The van der Waals surface area contributed by atoms with Crippen LogP contribution in [-0.2, 0) is 20.9 Å². The standard InChI is InChI=1S/C14H18F3N3O3S/c15-14(16,17)13-2-1-12(9-18-13)24(21,22)20-4-3-11(10-20)19-5-7-23-8-6-19/h1-2,9,11H,3-8,10H2. The van der Waals surface area contributed by atoms with E-state index in [9.17, 15) is 21.6 Å². The fourth-order valence-corrected chi connectivity index (χ4v) is 4.46. The van der Waals surface area contributed by atoms with E-state index in [0.717, 1.165) is 25.4 Å². The summed E-state index contributed by atoms with van der Waals surface area (Å²) in [6, 6.07) is 1.78. The molecule has 2 saturated heterocycles. The predicted octanol–water partition coefficient (Wildman–Crippen LogP) is 1.20. The maximum absolute atomic E-state index is 12.6. The Morgan fingerprint density at radius 1 is 1.17 bits per heavy atom. The highest BCUT2D eigenvalue weighted by atomic mass is 32.2. The summed E-state index contributed by atoms with van der Waals surface area (Å²) >= 11 is 0. The smallest absolute Gasteiger partial charge is 0.379 e. The normalized spacial score (nSPS) is 24.4. The number of morpholine rings is 1. The zero-order valence-corrected chi connectivity index (χ0v) is 13.7. The van der Waals surface area contributed by atoms with E-state index in [2.05, 4.69) is 9.88 Å². The zero-order chi connectivity index (χ0) is 17.4. The summed E-state index contributed by atoms with van der Waals surface area (Å²) in [5, 5.41) is 0. The summed E-state index contributed by atoms with van der Waals surface area (Å²) in [5.41, 5.74) is -1.10. The molecule has 1 unspecified atom stereocenters. The lowest BCUT2D eigenvalue weighted by atomic mass is 10.2. The second-order valence-corrected chi connectivity index (χ2v) is 7.77. The number of pyridine rings is 1. The molecule has 0 aliphatic carbocycles. The van der Waals surface area contributed by atoms with Gasteiger partial charge in [-0.25, -0.2) is 8.42 Å². The van der Waals surface area contributed by atoms with Gasteiger partial charge in [-0.05, 0) is 18.6 Å². The molecule has 1 aromatic rings. The van der Waals surface area contributed by atoms with Gasteiger partial charge in [0, 0.05) is 38.4 Å². The van der Waals surface area contributed by atoms with E-state index in [-0.39, 0.29) is 10.9 Å². The predicted molar refractivity (Wildman–Crippen MR) is 78.8 cm³/mol.